The summed E-state index contributed by atoms with van der Waals surface area (Å²) in [5.41, 5.74) is 8.64. The molecule has 0 unspecified atom stereocenters. The maximum Gasteiger partial charge on any atom is 0.255 e. The second-order valence-corrected chi connectivity index (χ2v) is 6.87. The van der Waals surface area contributed by atoms with Crippen molar-refractivity contribution in [2.75, 3.05) is 17.2 Å². The van der Waals surface area contributed by atoms with Crippen LogP contribution in [0.25, 0.3) is 0 Å². The standard InChI is InChI=1S/C21H25N3O2.ClH/c1-14-10-11-15(20(25)23-17-7-3-2-4-8-17)12-19(14)24-21(26)18-9-5-6-16(18)13-22;/h2-4,7-8,10-12,16,18H,5-6,9,13,22H2,1H3,(H,23,25)(H,24,26);1H/t16-,18-;/m1./s1. The molecule has 0 radical (unpaired) electrons. The number of nitrogens with two attached hydrogens (primary N) is 1. The second kappa shape index (κ2) is 9.53. The Morgan fingerprint density at radius 1 is 1.07 bits per heavy atom. The van der Waals surface area contributed by atoms with Gasteiger partial charge < -0.3 is 16.4 Å². The maximum absolute atomic E-state index is 12.6. The average molecular weight is 388 g/mol. The average Bonchev–Trinajstić information content (AvgIpc) is 3.13. The number of para-hydroxylation sites is 1. The molecule has 0 aromatic heterocycles. The van der Waals surface area contributed by atoms with E-state index in [1.807, 2.05) is 43.3 Å². The van der Waals surface area contributed by atoms with Crippen LogP contribution in [0.3, 0.4) is 0 Å². The van der Waals surface area contributed by atoms with Crippen LogP contribution < -0.4 is 16.4 Å². The van der Waals surface area contributed by atoms with E-state index in [1.54, 1.807) is 12.1 Å². The zero-order valence-electron chi connectivity index (χ0n) is 15.4. The van der Waals surface area contributed by atoms with E-state index in [-0.39, 0.29) is 36.1 Å². The molecular formula is C21H26ClN3O2. The van der Waals surface area contributed by atoms with Crippen molar-refractivity contribution < 1.29 is 9.59 Å². The van der Waals surface area contributed by atoms with E-state index < -0.39 is 0 Å². The Hall–Kier alpha value is -2.37. The Morgan fingerprint density at radius 3 is 2.52 bits per heavy atom. The number of rotatable bonds is 5. The van der Waals surface area contributed by atoms with Gasteiger partial charge in [0, 0.05) is 22.9 Å². The molecule has 0 heterocycles. The molecule has 4 N–H and O–H groups in total. The van der Waals surface area contributed by atoms with Gasteiger partial charge in [0.1, 0.15) is 0 Å². The molecule has 1 aliphatic carbocycles. The topological polar surface area (TPSA) is 84.2 Å². The van der Waals surface area contributed by atoms with Crippen LogP contribution in [0.2, 0.25) is 0 Å². The van der Waals surface area contributed by atoms with Crippen LogP contribution >= 0.6 is 12.4 Å². The van der Waals surface area contributed by atoms with Crippen molar-refractivity contribution in [2.45, 2.75) is 26.2 Å². The number of carbonyl (C=O) groups is 2. The predicted molar refractivity (Wildman–Crippen MR) is 111 cm³/mol. The molecule has 3 rings (SSSR count). The monoisotopic (exact) mass is 387 g/mol. The highest BCUT2D eigenvalue weighted by molar-refractivity contribution is 6.05. The first-order valence-electron chi connectivity index (χ1n) is 9.06. The van der Waals surface area contributed by atoms with Crippen molar-refractivity contribution in [1.29, 1.82) is 0 Å². The predicted octanol–water partition coefficient (Wildman–Crippen LogP) is 3.98. The lowest BCUT2D eigenvalue weighted by Gasteiger charge is -2.18. The molecule has 0 spiro atoms. The molecule has 6 heteroatoms. The van der Waals surface area contributed by atoms with E-state index in [1.165, 1.54) is 0 Å². The molecule has 27 heavy (non-hydrogen) atoms. The minimum absolute atomic E-state index is 0. The van der Waals surface area contributed by atoms with Gasteiger partial charge in [0.05, 0.1) is 0 Å². The van der Waals surface area contributed by atoms with Gasteiger partial charge in [-0.05, 0) is 62.1 Å². The van der Waals surface area contributed by atoms with Crippen molar-refractivity contribution in [3.8, 4) is 0 Å². The first kappa shape index (κ1) is 20.9. The van der Waals surface area contributed by atoms with E-state index in [9.17, 15) is 9.59 Å². The quantitative estimate of drug-likeness (QED) is 0.725. The summed E-state index contributed by atoms with van der Waals surface area (Å²) in [5, 5.41) is 5.86. The van der Waals surface area contributed by atoms with Crippen LogP contribution in [0.4, 0.5) is 11.4 Å². The van der Waals surface area contributed by atoms with Gasteiger partial charge in [0.15, 0.2) is 0 Å². The Bertz CT molecular complexity index is 795. The van der Waals surface area contributed by atoms with Gasteiger partial charge in [-0.2, -0.15) is 0 Å². The number of amides is 2. The van der Waals surface area contributed by atoms with Gasteiger partial charge in [0.25, 0.3) is 5.91 Å². The van der Waals surface area contributed by atoms with E-state index in [4.69, 9.17) is 5.73 Å². The number of aryl methyl sites for hydroxylation is 1. The molecule has 2 atom stereocenters. The summed E-state index contributed by atoms with van der Waals surface area (Å²) in [5.74, 6) is 0.00939. The van der Waals surface area contributed by atoms with E-state index in [2.05, 4.69) is 10.6 Å². The van der Waals surface area contributed by atoms with Gasteiger partial charge in [0.2, 0.25) is 5.91 Å². The van der Waals surface area contributed by atoms with Gasteiger partial charge in [-0.1, -0.05) is 30.7 Å². The second-order valence-electron chi connectivity index (χ2n) is 6.87. The molecule has 2 amide bonds. The third-order valence-electron chi connectivity index (χ3n) is 5.09. The van der Waals surface area contributed by atoms with Gasteiger partial charge in [-0.15, -0.1) is 12.4 Å². The Balaban J connectivity index is 0.00000261. The third kappa shape index (κ3) is 5.08. The largest absolute Gasteiger partial charge is 0.330 e. The van der Waals surface area contributed by atoms with Crippen molar-refractivity contribution in [3.05, 3.63) is 59.7 Å². The van der Waals surface area contributed by atoms with E-state index in [0.29, 0.717) is 17.8 Å². The molecule has 144 valence electrons. The van der Waals surface area contributed by atoms with Crippen LogP contribution in [0, 0.1) is 18.8 Å². The fourth-order valence-corrected chi connectivity index (χ4v) is 3.51. The van der Waals surface area contributed by atoms with Crippen LogP contribution in [-0.2, 0) is 4.79 Å². The highest BCUT2D eigenvalue weighted by Gasteiger charge is 2.32. The Morgan fingerprint density at radius 2 is 1.81 bits per heavy atom. The normalized spacial score (nSPS) is 18.4. The van der Waals surface area contributed by atoms with E-state index >= 15 is 0 Å². The zero-order valence-corrected chi connectivity index (χ0v) is 16.2. The number of carbonyl (C=O) groups excluding carboxylic acids is 2. The van der Waals surface area contributed by atoms with Crippen LogP contribution in [-0.4, -0.2) is 18.4 Å². The first-order chi connectivity index (χ1) is 12.6. The fourth-order valence-electron chi connectivity index (χ4n) is 3.51. The highest BCUT2D eigenvalue weighted by Crippen LogP contribution is 2.32. The first-order valence-corrected chi connectivity index (χ1v) is 9.06. The number of hydrogen-bond donors (Lipinski definition) is 3. The molecular weight excluding hydrogens is 362 g/mol. The third-order valence-corrected chi connectivity index (χ3v) is 5.09. The summed E-state index contributed by atoms with van der Waals surface area (Å²) in [6.07, 6.45) is 2.92. The smallest absolute Gasteiger partial charge is 0.255 e. The highest BCUT2D eigenvalue weighted by atomic mass is 35.5. The summed E-state index contributed by atoms with van der Waals surface area (Å²) < 4.78 is 0. The van der Waals surface area contributed by atoms with Crippen molar-refractivity contribution in [3.63, 3.8) is 0 Å². The molecule has 1 fully saturated rings. The van der Waals surface area contributed by atoms with Crippen molar-refractivity contribution in [2.24, 2.45) is 17.6 Å². The minimum atomic E-state index is -0.201. The SMILES string of the molecule is Cc1ccc(C(=O)Nc2ccccc2)cc1NC(=O)[C@@H]1CCC[C@@H]1CN.Cl. The molecule has 0 saturated heterocycles. The van der Waals surface area contributed by atoms with E-state index in [0.717, 1.165) is 30.5 Å². The molecule has 5 nitrogen and oxygen atoms in total. The fraction of sp³-hybridized carbons (Fsp3) is 0.333. The summed E-state index contributed by atoms with van der Waals surface area (Å²) >= 11 is 0. The summed E-state index contributed by atoms with van der Waals surface area (Å²) in [7, 11) is 0. The number of benzene rings is 2. The summed E-state index contributed by atoms with van der Waals surface area (Å²) in [4.78, 5) is 25.1. The molecule has 1 saturated carbocycles. The molecule has 0 aliphatic heterocycles. The van der Waals surface area contributed by atoms with Crippen LogP contribution in [0.15, 0.2) is 48.5 Å². The molecule has 2 aromatic carbocycles. The van der Waals surface area contributed by atoms with Gasteiger partial charge in [-0.25, -0.2) is 0 Å². The van der Waals surface area contributed by atoms with Crippen molar-refractivity contribution >= 4 is 35.6 Å². The van der Waals surface area contributed by atoms with Crippen molar-refractivity contribution in [1.82, 2.24) is 0 Å². The lowest BCUT2D eigenvalue weighted by Crippen LogP contribution is -2.30. The lowest BCUT2D eigenvalue weighted by molar-refractivity contribution is -0.120. The Labute approximate surface area is 166 Å². The van der Waals surface area contributed by atoms with Gasteiger partial charge in [-0.3, -0.25) is 9.59 Å². The lowest BCUT2D eigenvalue weighted by atomic mass is 9.95. The van der Waals surface area contributed by atoms with Gasteiger partial charge >= 0.3 is 0 Å². The molecule has 0 bridgehead atoms. The molecule has 2 aromatic rings. The number of halogens is 1. The summed E-state index contributed by atoms with van der Waals surface area (Å²) in [6, 6.07) is 14.7. The number of nitrogens with one attached hydrogen (secondary N) is 2. The zero-order chi connectivity index (χ0) is 18.5. The number of hydrogen-bond acceptors (Lipinski definition) is 3. The maximum atomic E-state index is 12.6. The number of anilines is 2. The van der Waals surface area contributed by atoms with Crippen LogP contribution in [0.5, 0.6) is 0 Å². The summed E-state index contributed by atoms with van der Waals surface area (Å²) in [6.45, 7) is 2.46. The Kier molecular flexibility index (Phi) is 7.39. The molecule has 1 aliphatic rings. The minimum Gasteiger partial charge on any atom is -0.330 e. The van der Waals surface area contributed by atoms with Crippen LogP contribution in [0.1, 0.15) is 35.2 Å².